The van der Waals surface area contributed by atoms with Crippen molar-refractivity contribution in [3.8, 4) is 0 Å². The smallest absolute Gasteiger partial charge is 0.342 e. The average Bonchev–Trinajstić information content (AvgIpc) is 2.01. The normalized spacial score (nSPS) is 9.86. The van der Waals surface area contributed by atoms with Crippen molar-refractivity contribution < 1.29 is 14.8 Å². The summed E-state index contributed by atoms with van der Waals surface area (Å²) in [7, 11) is 0. The quantitative estimate of drug-likeness (QED) is 0.606. The zero-order chi connectivity index (χ0) is 10.9. The maximum atomic E-state index is 10.7. The first-order valence-corrected chi connectivity index (χ1v) is 3.99. The third kappa shape index (κ3) is 1.82. The number of hydrogen-bond donors (Lipinski definition) is 1. The highest BCUT2D eigenvalue weighted by Gasteiger charge is 2.22. The van der Waals surface area contributed by atoms with Gasteiger partial charge >= 0.3 is 5.97 Å². The van der Waals surface area contributed by atoms with Crippen molar-refractivity contribution in [1.82, 2.24) is 0 Å². The maximum Gasteiger partial charge on any atom is 0.342 e. The number of aromatic carboxylic acids is 1. The third-order valence-corrected chi connectivity index (χ3v) is 1.90. The van der Waals surface area contributed by atoms with Crippen LogP contribution in [-0.4, -0.2) is 16.0 Å². The number of carbonyl (C=O) groups is 1. The lowest BCUT2D eigenvalue weighted by molar-refractivity contribution is -0.385. The molecule has 0 bridgehead atoms. The molecule has 6 heteroatoms. The van der Waals surface area contributed by atoms with Crippen LogP contribution < -0.4 is 0 Å². The minimum Gasteiger partial charge on any atom is -0.477 e. The van der Waals surface area contributed by atoms with Gasteiger partial charge in [-0.15, -0.1) is 0 Å². The molecule has 1 aromatic carbocycles. The fraction of sp³-hybridized carbons (Fsp3) is 0.125. The van der Waals surface area contributed by atoms with Crippen LogP contribution in [0, 0.1) is 17.0 Å². The summed E-state index contributed by atoms with van der Waals surface area (Å²) in [5.74, 6) is -1.36. The van der Waals surface area contributed by atoms with Crippen LogP contribution in [-0.2, 0) is 0 Å². The molecular formula is C8H6ClNO4. The van der Waals surface area contributed by atoms with Crippen molar-refractivity contribution in [2.24, 2.45) is 0 Å². The van der Waals surface area contributed by atoms with E-state index in [1.54, 1.807) is 0 Å². The second-order valence-electron chi connectivity index (χ2n) is 2.68. The predicted molar refractivity (Wildman–Crippen MR) is 49.8 cm³/mol. The first kappa shape index (κ1) is 10.5. The predicted octanol–water partition coefficient (Wildman–Crippen LogP) is 2.25. The molecule has 0 saturated heterocycles. The highest BCUT2D eigenvalue weighted by atomic mass is 35.5. The van der Waals surface area contributed by atoms with E-state index in [4.69, 9.17) is 16.7 Å². The van der Waals surface area contributed by atoms with Gasteiger partial charge in [0.05, 0.1) is 4.92 Å². The number of nitro groups is 1. The number of aryl methyl sites for hydroxylation is 1. The van der Waals surface area contributed by atoms with Gasteiger partial charge in [0.1, 0.15) is 5.56 Å². The lowest BCUT2D eigenvalue weighted by atomic mass is 10.1. The van der Waals surface area contributed by atoms with E-state index < -0.39 is 16.6 Å². The van der Waals surface area contributed by atoms with Crippen LogP contribution in [0.25, 0.3) is 0 Å². The zero-order valence-corrected chi connectivity index (χ0v) is 7.91. The highest BCUT2D eigenvalue weighted by molar-refractivity contribution is 6.31. The van der Waals surface area contributed by atoms with Gasteiger partial charge < -0.3 is 5.11 Å². The third-order valence-electron chi connectivity index (χ3n) is 1.68. The Kier molecular flexibility index (Phi) is 2.71. The Morgan fingerprint density at radius 3 is 2.57 bits per heavy atom. The van der Waals surface area contributed by atoms with E-state index in [0.29, 0.717) is 0 Å². The lowest BCUT2D eigenvalue weighted by Gasteiger charge is -2.01. The van der Waals surface area contributed by atoms with Gasteiger partial charge in [-0.25, -0.2) is 4.79 Å². The number of halogens is 1. The van der Waals surface area contributed by atoms with E-state index in [2.05, 4.69) is 0 Å². The molecule has 74 valence electrons. The minimum absolute atomic E-state index is 0.172. The molecule has 0 fully saturated rings. The standard InChI is InChI=1S/C8H6ClNO4/c1-4-2-5(9)3-6(8(11)12)7(4)10(13)14/h2-3H,1H3,(H,11,12). The van der Waals surface area contributed by atoms with Crippen LogP contribution in [0.2, 0.25) is 5.02 Å². The summed E-state index contributed by atoms with van der Waals surface area (Å²) in [5.41, 5.74) is -0.568. The second-order valence-corrected chi connectivity index (χ2v) is 3.12. The summed E-state index contributed by atoms with van der Waals surface area (Å²) < 4.78 is 0. The molecule has 1 aromatic rings. The molecule has 0 aliphatic carbocycles. The Labute approximate surface area is 84.1 Å². The van der Waals surface area contributed by atoms with Crippen molar-refractivity contribution in [2.75, 3.05) is 0 Å². The Bertz CT molecular complexity index is 416. The van der Waals surface area contributed by atoms with Gasteiger partial charge in [0, 0.05) is 10.6 Å². The summed E-state index contributed by atoms with van der Waals surface area (Å²) in [6.45, 7) is 1.44. The van der Waals surface area contributed by atoms with Crippen molar-refractivity contribution in [2.45, 2.75) is 6.92 Å². The number of carboxylic acids is 1. The molecule has 0 aliphatic heterocycles. The number of nitrogens with zero attached hydrogens (tertiary/aromatic N) is 1. The number of hydrogen-bond acceptors (Lipinski definition) is 3. The summed E-state index contributed by atoms with van der Waals surface area (Å²) >= 11 is 5.58. The summed E-state index contributed by atoms with van der Waals surface area (Å²) in [5, 5.41) is 19.4. The topological polar surface area (TPSA) is 80.4 Å². The fourth-order valence-corrected chi connectivity index (χ4v) is 1.41. The molecule has 14 heavy (non-hydrogen) atoms. The Morgan fingerprint density at radius 1 is 1.57 bits per heavy atom. The van der Waals surface area contributed by atoms with Crippen LogP contribution in [0.5, 0.6) is 0 Å². The van der Waals surface area contributed by atoms with Gasteiger partial charge in [0.2, 0.25) is 0 Å². The molecule has 5 nitrogen and oxygen atoms in total. The van der Waals surface area contributed by atoms with Crippen molar-refractivity contribution in [3.05, 3.63) is 38.4 Å². The van der Waals surface area contributed by atoms with E-state index in [0.717, 1.165) is 6.07 Å². The molecule has 0 aromatic heterocycles. The average molecular weight is 216 g/mol. The van der Waals surface area contributed by atoms with E-state index in [-0.39, 0.29) is 16.1 Å². The maximum absolute atomic E-state index is 10.7. The number of rotatable bonds is 2. The molecule has 0 amide bonds. The van der Waals surface area contributed by atoms with Crippen molar-refractivity contribution in [1.29, 1.82) is 0 Å². The number of nitro benzene ring substituents is 1. The molecule has 0 unspecified atom stereocenters. The second kappa shape index (κ2) is 3.63. The Morgan fingerprint density at radius 2 is 2.14 bits per heavy atom. The van der Waals surface area contributed by atoms with Crippen LogP contribution in [0.15, 0.2) is 12.1 Å². The molecule has 0 aliphatic rings. The number of carboxylic acid groups (broad SMARTS) is 1. The van der Waals surface area contributed by atoms with Crippen LogP contribution >= 0.6 is 11.6 Å². The molecule has 1 N–H and O–H groups in total. The molecule has 1 rings (SSSR count). The first-order chi connectivity index (χ1) is 6.43. The SMILES string of the molecule is Cc1cc(Cl)cc(C(=O)O)c1[N+](=O)[O-]. The van der Waals surface area contributed by atoms with Gasteiger partial charge in [-0.3, -0.25) is 10.1 Å². The summed E-state index contributed by atoms with van der Waals surface area (Å²) in [6, 6.07) is 2.42. The monoisotopic (exact) mass is 215 g/mol. The number of benzene rings is 1. The minimum atomic E-state index is -1.36. The molecule has 0 saturated carbocycles. The van der Waals surface area contributed by atoms with Crippen LogP contribution in [0.3, 0.4) is 0 Å². The van der Waals surface area contributed by atoms with E-state index in [1.807, 2.05) is 0 Å². The molecule has 0 spiro atoms. The Hall–Kier alpha value is -1.62. The molecule has 0 atom stereocenters. The first-order valence-electron chi connectivity index (χ1n) is 3.61. The molecule has 0 heterocycles. The van der Waals surface area contributed by atoms with Gasteiger partial charge in [0.15, 0.2) is 0 Å². The van der Waals surface area contributed by atoms with Crippen molar-refractivity contribution >= 4 is 23.3 Å². The van der Waals surface area contributed by atoms with Crippen LogP contribution in [0.4, 0.5) is 5.69 Å². The molecular weight excluding hydrogens is 210 g/mol. The fourth-order valence-electron chi connectivity index (χ4n) is 1.14. The molecule has 0 radical (unpaired) electrons. The van der Waals surface area contributed by atoms with Gasteiger partial charge in [-0.2, -0.15) is 0 Å². The van der Waals surface area contributed by atoms with Gasteiger partial charge in [0.25, 0.3) is 5.69 Å². The Balaban J connectivity index is 3.52. The van der Waals surface area contributed by atoms with Crippen molar-refractivity contribution in [3.63, 3.8) is 0 Å². The highest BCUT2D eigenvalue weighted by Crippen LogP contribution is 2.27. The summed E-state index contributed by atoms with van der Waals surface area (Å²) in [6.07, 6.45) is 0. The van der Waals surface area contributed by atoms with Crippen LogP contribution in [0.1, 0.15) is 15.9 Å². The zero-order valence-electron chi connectivity index (χ0n) is 7.15. The van der Waals surface area contributed by atoms with E-state index in [1.165, 1.54) is 13.0 Å². The van der Waals surface area contributed by atoms with E-state index >= 15 is 0 Å². The van der Waals surface area contributed by atoms with Gasteiger partial charge in [-0.1, -0.05) is 11.6 Å². The lowest BCUT2D eigenvalue weighted by Crippen LogP contribution is -2.04. The van der Waals surface area contributed by atoms with Gasteiger partial charge in [-0.05, 0) is 19.1 Å². The summed E-state index contributed by atoms with van der Waals surface area (Å²) in [4.78, 5) is 20.5. The van der Waals surface area contributed by atoms with E-state index in [9.17, 15) is 14.9 Å². The largest absolute Gasteiger partial charge is 0.477 e.